The van der Waals surface area contributed by atoms with Gasteiger partial charge in [-0.1, -0.05) is 42.5 Å². The van der Waals surface area contributed by atoms with Crippen LogP contribution in [0.5, 0.6) is 5.75 Å². The minimum absolute atomic E-state index is 0.0261. The van der Waals surface area contributed by atoms with Crippen molar-refractivity contribution in [1.29, 1.82) is 0 Å². The Bertz CT molecular complexity index is 905. The lowest BCUT2D eigenvalue weighted by molar-refractivity contribution is -0.142. The summed E-state index contributed by atoms with van der Waals surface area (Å²) in [4.78, 5) is 37.3. The van der Waals surface area contributed by atoms with E-state index in [1.54, 1.807) is 12.1 Å². The highest BCUT2D eigenvalue weighted by Crippen LogP contribution is 2.12. The van der Waals surface area contributed by atoms with Crippen molar-refractivity contribution < 1.29 is 24.6 Å². The highest BCUT2D eigenvalue weighted by atomic mass is 16.4. The Hall–Kier alpha value is -3.43. The maximum Gasteiger partial charge on any atom is 0.326 e. The van der Waals surface area contributed by atoms with E-state index in [-0.39, 0.29) is 12.2 Å². The van der Waals surface area contributed by atoms with E-state index in [2.05, 4.69) is 10.6 Å². The second-order valence-corrected chi connectivity index (χ2v) is 7.91. The van der Waals surface area contributed by atoms with E-state index >= 15 is 0 Å². The first-order valence-electron chi connectivity index (χ1n) is 10.9. The van der Waals surface area contributed by atoms with Crippen molar-refractivity contribution >= 4 is 17.8 Å². The van der Waals surface area contributed by atoms with Gasteiger partial charge in [0, 0.05) is 6.42 Å². The number of benzene rings is 2. The van der Waals surface area contributed by atoms with Crippen molar-refractivity contribution in [3.63, 3.8) is 0 Å². The van der Waals surface area contributed by atoms with Gasteiger partial charge in [0.05, 0.1) is 6.04 Å². The predicted octanol–water partition coefficient (Wildman–Crippen LogP) is 0.688. The van der Waals surface area contributed by atoms with E-state index in [0.717, 1.165) is 5.56 Å². The van der Waals surface area contributed by atoms with E-state index in [0.29, 0.717) is 37.8 Å². The van der Waals surface area contributed by atoms with Crippen LogP contribution in [0.3, 0.4) is 0 Å². The number of carboxylic acid groups (broad SMARTS) is 1. The molecule has 3 atom stereocenters. The SMILES string of the molecule is NCCCCC(NC(=O)C(N)Cc1ccccc1)C(=O)NC(Cc1ccc(O)cc1)C(=O)O. The molecule has 9 nitrogen and oxygen atoms in total. The molecule has 0 saturated carbocycles. The Morgan fingerprint density at radius 1 is 0.818 bits per heavy atom. The van der Waals surface area contributed by atoms with Gasteiger partial charge in [-0.15, -0.1) is 0 Å². The number of aromatic hydroxyl groups is 1. The molecule has 0 aliphatic heterocycles. The molecule has 2 amide bonds. The third-order valence-corrected chi connectivity index (χ3v) is 5.21. The summed E-state index contributed by atoms with van der Waals surface area (Å²) in [7, 11) is 0. The summed E-state index contributed by atoms with van der Waals surface area (Å²) in [6.45, 7) is 0.439. The van der Waals surface area contributed by atoms with Gasteiger partial charge in [0.15, 0.2) is 0 Å². The maximum absolute atomic E-state index is 12.9. The zero-order chi connectivity index (χ0) is 24.2. The molecule has 3 unspecified atom stereocenters. The molecule has 0 saturated heterocycles. The fraction of sp³-hybridized carbons (Fsp3) is 0.375. The summed E-state index contributed by atoms with van der Waals surface area (Å²) in [5.74, 6) is -2.23. The molecule has 2 aromatic carbocycles. The van der Waals surface area contributed by atoms with E-state index in [4.69, 9.17) is 11.5 Å². The first kappa shape index (κ1) is 25.8. The van der Waals surface area contributed by atoms with Crippen molar-refractivity contribution in [3.8, 4) is 5.75 Å². The van der Waals surface area contributed by atoms with Crippen molar-refractivity contribution in [2.75, 3.05) is 6.54 Å². The molecule has 0 heterocycles. The fourth-order valence-electron chi connectivity index (χ4n) is 3.34. The van der Waals surface area contributed by atoms with Crippen molar-refractivity contribution in [2.45, 2.75) is 50.2 Å². The maximum atomic E-state index is 12.9. The number of amides is 2. The summed E-state index contributed by atoms with van der Waals surface area (Å²) in [5, 5.41) is 24.2. The molecule has 2 aromatic rings. The molecule has 0 spiro atoms. The summed E-state index contributed by atoms with van der Waals surface area (Å²) < 4.78 is 0. The number of carbonyl (C=O) groups excluding carboxylic acids is 2. The monoisotopic (exact) mass is 456 g/mol. The van der Waals surface area contributed by atoms with E-state index in [1.807, 2.05) is 30.3 Å². The van der Waals surface area contributed by atoms with Crippen LogP contribution in [-0.2, 0) is 27.2 Å². The van der Waals surface area contributed by atoms with Gasteiger partial charge in [0.25, 0.3) is 0 Å². The average molecular weight is 457 g/mol. The van der Waals surface area contributed by atoms with E-state index in [9.17, 15) is 24.6 Å². The number of hydrogen-bond donors (Lipinski definition) is 6. The Morgan fingerprint density at radius 3 is 2.03 bits per heavy atom. The number of rotatable bonds is 13. The molecule has 0 fully saturated rings. The molecule has 2 rings (SSSR count). The van der Waals surface area contributed by atoms with Gasteiger partial charge in [-0.05, 0) is 55.5 Å². The second-order valence-electron chi connectivity index (χ2n) is 7.91. The fourth-order valence-corrected chi connectivity index (χ4v) is 3.34. The second kappa shape index (κ2) is 13.2. The zero-order valence-electron chi connectivity index (χ0n) is 18.4. The standard InChI is InChI=1S/C24H32N4O5/c25-13-5-4-8-20(27-22(30)19(26)14-16-6-2-1-3-7-16)23(31)28-21(24(32)33)15-17-9-11-18(29)12-10-17/h1-3,6-7,9-12,19-21,29H,4-5,8,13-15,25-26H2,(H,27,30)(H,28,31)(H,32,33). The van der Waals surface area contributed by atoms with Gasteiger partial charge < -0.3 is 32.3 Å². The summed E-state index contributed by atoms with van der Waals surface area (Å²) >= 11 is 0. The molecular formula is C24H32N4O5. The molecule has 8 N–H and O–H groups in total. The number of hydrogen-bond acceptors (Lipinski definition) is 6. The Balaban J connectivity index is 2.04. The smallest absolute Gasteiger partial charge is 0.326 e. The average Bonchev–Trinajstić information content (AvgIpc) is 2.79. The molecule has 9 heteroatoms. The van der Waals surface area contributed by atoms with Crippen LogP contribution in [0.2, 0.25) is 0 Å². The van der Waals surface area contributed by atoms with Gasteiger partial charge in [-0.3, -0.25) is 9.59 Å². The Labute approximate surface area is 193 Å². The molecular weight excluding hydrogens is 424 g/mol. The van der Waals surface area contributed by atoms with Gasteiger partial charge in [-0.25, -0.2) is 4.79 Å². The topological polar surface area (TPSA) is 168 Å². The Kier molecular flexibility index (Phi) is 10.3. The number of carbonyl (C=O) groups is 3. The van der Waals surface area contributed by atoms with Crippen LogP contribution in [0.15, 0.2) is 54.6 Å². The minimum Gasteiger partial charge on any atom is -0.508 e. The number of nitrogens with two attached hydrogens (primary N) is 2. The third-order valence-electron chi connectivity index (χ3n) is 5.21. The van der Waals surface area contributed by atoms with Gasteiger partial charge in [-0.2, -0.15) is 0 Å². The van der Waals surface area contributed by atoms with Crippen molar-refractivity contribution in [3.05, 3.63) is 65.7 Å². The Morgan fingerprint density at radius 2 is 1.42 bits per heavy atom. The van der Waals surface area contributed by atoms with Crippen LogP contribution in [0, 0.1) is 0 Å². The molecule has 0 aliphatic carbocycles. The normalized spacial score (nSPS) is 13.5. The molecule has 0 radical (unpaired) electrons. The largest absolute Gasteiger partial charge is 0.508 e. The number of nitrogens with one attached hydrogen (secondary N) is 2. The lowest BCUT2D eigenvalue weighted by atomic mass is 10.0. The predicted molar refractivity (Wildman–Crippen MR) is 124 cm³/mol. The van der Waals surface area contributed by atoms with Crippen LogP contribution in [0.1, 0.15) is 30.4 Å². The minimum atomic E-state index is -1.20. The number of carboxylic acids is 1. The van der Waals surface area contributed by atoms with Crippen molar-refractivity contribution in [1.82, 2.24) is 10.6 Å². The van der Waals surface area contributed by atoms with Gasteiger partial charge in [0.1, 0.15) is 17.8 Å². The molecule has 0 aromatic heterocycles. The van der Waals surface area contributed by atoms with Crippen LogP contribution in [-0.4, -0.2) is 52.7 Å². The lowest BCUT2D eigenvalue weighted by Gasteiger charge is -2.23. The highest BCUT2D eigenvalue weighted by Gasteiger charge is 2.28. The van der Waals surface area contributed by atoms with Gasteiger partial charge in [0.2, 0.25) is 11.8 Å². The first-order valence-corrected chi connectivity index (χ1v) is 10.9. The molecule has 178 valence electrons. The molecule has 0 bridgehead atoms. The van der Waals surface area contributed by atoms with Crippen LogP contribution in [0.4, 0.5) is 0 Å². The van der Waals surface area contributed by atoms with Crippen LogP contribution >= 0.6 is 0 Å². The van der Waals surface area contributed by atoms with E-state index < -0.39 is 35.9 Å². The first-order chi connectivity index (χ1) is 15.8. The number of unbranched alkanes of at least 4 members (excludes halogenated alkanes) is 1. The van der Waals surface area contributed by atoms with Crippen LogP contribution in [0.25, 0.3) is 0 Å². The summed E-state index contributed by atoms with van der Waals surface area (Å²) in [5.41, 5.74) is 13.1. The quantitative estimate of drug-likeness (QED) is 0.241. The van der Waals surface area contributed by atoms with Gasteiger partial charge >= 0.3 is 5.97 Å². The number of phenolic OH excluding ortho intramolecular Hbond substituents is 1. The van der Waals surface area contributed by atoms with Crippen LogP contribution < -0.4 is 22.1 Å². The third kappa shape index (κ3) is 8.91. The summed E-state index contributed by atoms with van der Waals surface area (Å²) in [6, 6.07) is 12.3. The van der Waals surface area contributed by atoms with Crippen molar-refractivity contribution in [2.24, 2.45) is 11.5 Å². The highest BCUT2D eigenvalue weighted by molar-refractivity contribution is 5.91. The molecule has 33 heavy (non-hydrogen) atoms. The zero-order valence-corrected chi connectivity index (χ0v) is 18.4. The number of aliphatic carboxylic acids is 1. The molecule has 0 aliphatic rings. The summed E-state index contributed by atoms with van der Waals surface area (Å²) in [6.07, 6.45) is 1.88. The lowest BCUT2D eigenvalue weighted by Crippen LogP contribution is -2.55. The number of phenols is 1. The van der Waals surface area contributed by atoms with E-state index in [1.165, 1.54) is 12.1 Å².